The molecule has 0 radical (unpaired) electrons. The van der Waals surface area contributed by atoms with Gasteiger partial charge in [0.15, 0.2) is 0 Å². The zero-order valence-electron chi connectivity index (χ0n) is 14.1. The van der Waals surface area contributed by atoms with Gasteiger partial charge in [0.25, 0.3) is 0 Å². The van der Waals surface area contributed by atoms with Crippen molar-refractivity contribution in [2.24, 2.45) is 0 Å². The highest BCUT2D eigenvalue weighted by Gasteiger charge is 2.14. The predicted molar refractivity (Wildman–Crippen MR) is 91.2 cm³/mol. The van der Waals surface area contributed by atoms with Gasteiger partial charge in [-0.05, 0) is 36.1 Å². The van der Waals surface area contributed by atoms with Crippen molar-refractivity contribution < 1.29 is 14.3 Å². The molecule has 1 aromatic carbocycles. The number of rotatable bonds is 5. The van der Waals surface area contributed by atoms with Gasteiger partial charge in [-0.3, -0.25) is 4.79 Å². The first-order valence-corrected chi connectivity index (χ1v) is 8.14. The van der Waals surface area contributed by atoms with Crippen LogP contribution in [0.3, 0.4) is 0 Å². The topological polar surface area (TPSA) is 51.7 Å². The average molecular weight is 326 g/mol. The van der Waals surface area contributed by atoms with Crippen LogP contribution in [0.25, 0.3) is 0 Å². The monoisotopic (exact) mass is 326 g/mol. The minimum atomic E-state index is 0.0660. The number of carbonyl (C=O) groups excluding carboxylic acids is 1. The number of fused-ring (bicyclic) bond motifs is 1. The van der Waals surface area contributed by atoms with Crippen molar-refractivity contribution in [2.75, 3.05) is 20.8 Å². The number of pyridine rings is 1. The van der Waals surface area contributed by atoms with Crippen molar-refractivity contribution in [1.29, 1.82) is 0 Å². The molecule has 1 aliphatic rings. The standard InChI is InChI=1S/C19H22N2O3/c1-21(13-16-6-3-7-18(20-16)23-2)19(22)12-14-8-9-17-15(11-14)5-4-10-24-17/h3,6-9,11H,4-5,10,12-13H2,1-2H3. The summed E-state index contributed by atoms with van der Waals surface area (Å²) in [5, 5.41) is 0. The Balaban J connectivity index is 1.63. The SMILES string of the molecule is COc1cccc(CN(C)C(=O)Cc2ccc3c(c2)CCCO3)n1. The number of hydrogen-bond donors (Lipinski definition) is 0. The molecule has 0 spiro atoms. The van der Waals surface area contributed by atoms with Crippen molar-refractivity contribution in [3.05, 3.63) is 53.2 Å². The van der Waals surface area contributed by atoms with E-state index in [1.54, 1.807) is 25.1 Å². The summed E-state index contributed by atoms with van der Waals surface area (Å²) >= 11 is 0. The fraction of sp³-hybridized carbons (Fsp3) is 0.368. The number of likely N-dealkylation sites (N-methyl/N-ethyl adjacent to an activating group) is 1. The molecular formula is C19H22N2O3. The van der Waals surface area contributed by atoms with E-state index in [0.717, 1.165) is 36.5 Å². The van der Waals surface area contributed by atoms with E-state index in [-0.39, 0.29) is 5.91 Å². The highest BCUT2D eigenvalue weighted by Crippen LogP contribution is 2.25. The van der Waals surface area contributed by atoms with Crippen LogP contribution >= 0.6 is 0 Å². The van der Waals surface area contributed by atoms with Gasteiger partial charge in [0, 0.05) is 13.1 Å². The minimum absolute atomic E-state index is 0.0660. The number of aromatic nitrogens is 1. The highest BCUT2D eigenvalue weighted by atomic mass is 16.5. The van der Waals surface area contributed by atoms with Gasteiger partial charge in [0.05, 0.1) is 32.4 Å². The lowest BCUT2D eigenvalue weighted by Gasteiger charge is -2.19. The van der Waals surface area contributed by atoms with Crippen LogP contribution in [0.2, 0.25) is 0 Å². The fourth-order valence-corrected chi connectivity index (χ4v) is 2.82. The average Bonchev–Trinajstić information content (AvgIpc) is 2.61. The third-order valence-corrected chi connectivity index (χ3v) is 4.14. The first-order chi connectivity index (χ1) is 11.7. The Labute approximate surface area is 142 Å². The van der Waals surface area contributed by atoms with E-state index < -0.39 is 0 Å². The maximum Gasteiger partial charge on any atom is 0.227 e. The first kappa shape index (κ1) is 16.3. The van der Waals surface area contributed by atoms with Crippen molar-refractivity contribution in [3.63, 3.8) is 0 Å². The fourth-order valence-electron chi connectivity index (χ4n) is 2.82. The molecule has 1 amide bonds. The van der Waals surface area contributed by atoms with Crippen LogP contribution in [0.15, 0.2) is 36.4 Å². The second-order valence-corrected chi connectivity index (χ2v) is 5.99. The number of nitrogens with zero attached hydrogens (tertiary/aromatic N) is 2. The summed E-state index contributed by atoms with van der Waals surface area (Å²) in [5.41, 5.74) is 3.03. The van der Waals surface area contributed by atoms with E-state index in [4.69, 9.17) is 9.47 Å². The van der Waals surface area contributed by atoms with Gasteiger partial charge in [0.1, 0.15) is 5.75 Å². The highest BCUT2D eigenvalue weighted by molar-refractivity contribution is 5.78. The van der Waals surface area contributed by atoms with E-state index in [2.05, 4.69) is 11.1 Å². The molecule has 2 heterocycles. The Bertz CT molecular complexity index is 730. The predicted octanol–water partition coefficient (Wildman–Crippen LogP) is 2.62. The molecule has 0 unspecified atom stereocenters. The summed E-state index contributed by atoms with van der Waals surface area (Å²) < 4.78 is 10.7. The van der Waals surface area contributed by atoms with E-state index >= 15 is 0 Å². The molecule has 0 saturated heterocycles. The summed E-state index contributed by atoms with van der Waals surface area (Å²) in [5.74, 6) is 1.57. The van der Waals surface area contributed by atoms with Crippen LogP contribution in [0.5, 0.6) is 11.6 Å². The molecule has 3 rings (SSSR count). The third-order valence-electron chi connectivity index (χ3n) is 4.14. The molecule has 1 aromatic heterocycles. The van der Waals surface area contributed by atoms with E-state index in [0.29, 0.717) is 18.8 Å². The Hall–Kier alpha value is -2.56. The van der Waals surface area contributed by atoms with Crippen LogP contribution in [0.1, 0.15) is 23.2 Å². The van der Waals surface area contributed by atoms with Gasteiger partial charge in [-0.1, -0.05) is 18.2 Å². The van der Waals surface area contributed by atoms with Crippen LogP contribution in [-0.2, 0) is 24.2 Å². The minimum Gasteiger partial charge on any atom is -0.493 e. The lowest BCUT2D eigenvalue weighted by Crippen LogP contribution is -2.28. The summed E-state index contributed by atoms with van der Waals surface area (Å²) in [7, 11) is 3.38. The molecule has 5 heteroatoms. The van der Waals surface area contributed by atoms with E-state index in [1.807, 2.05) is 24.3 Å². The van der Waals surface area contributed by atoms with Crippen molar-refractivity contribution in [2.45, 2.75) is 25.8 Å². The molecule has 0 aliphatic carbocycles. The summed E-state index contributed by atoms with van der Waals surface area (Å²) in [6.45, 7) is 1.24. The van der Waals surface area contributed by atoms with Crippen molar-refractivity contribution in [1.82, 2.24) is 9.88 Å². The third kappa shape index (κ3) is 3.85. The van der Waals surface area contributed by atoms with E-state index in [9.17, 15) is 4.79 Å². The van der Waals surface area contributed by atoms with Crippen LogP contribution in [0.4, 0.5) is 0 Å². The smallest absolute Gasteiger partial charge is 0.227 e. The van der Waals surface area contributed by atoms with Gasteiger partial charge >= 0.3 is 0 Å². The summed E-state index contributed by atoms with van der Waals surface area (Å²) in [4.78, 5) is 18.5. The molecule has 5 nitrogen and oxygen atoms in total. The van der Waals surface area contributed by atoms with E-state index in [1.165, 1.54) is 5.56 Å². The Morgan fingerprint density at radius 3 is 3.04 bits per heavy atom. The maximum absolute atomic E-state index is 12.5. The van der Waals surface area contributed by atoms with Gasteiger partial charge in [0.2, 0.25) is 11.8 Å². The molecule has 0 N–H and O–H groups in total. The number of hydrogen-bond acceptors (Lipinski definition) is 4. The largest absolute Gasteiger partial charge is 0.493 e. The van der Waals surface area contributed by atoms with Gasteiger partial charge < -0.3 is 14.4 Å². The Kier molecular flexibility index (Phi) is 4.99. The lowest BCUT2D eigenvalue weighted by atomic mass is 10.0. The number of aryl methyl sites for hydroxylation is 1. The molecule has 0 saturated carbocycles. The van der Waals surface area contributed by atoms with Crippen LogP contribution in [-0.4, -0.2) is 36.6 Å². The van der Waals surface area contributed by atoms with Gasteiger partial charge in [-0.2, -0.15) is 0 Å². The first-order valence-electron chi connectivity index (χ1n) is 8.14. The number of methoxy groups -OCH3 is 1. The van der Waals surface area contributed by atoms with Crippen LogP contribution < -0.4 is 9.47 Å². The molecule has 2 aromatic rings. The zero-order valence-corrected chi connectivity index (χ0v) is 14.1. The maximum atomic E-state index is 12.5. The summed E-state index contributed by atoms with van der Waals surface area (Å²) in [6, 6.07) is 11.6. The second-order valence-electron chi connectivity index (χ2n) is 5.99. The molecule has 0 fully saturated rings. The summed E-state index contributed by atoms with van der Waals surface area (Å²) in [6.07, 6.45) is 2.43. The van der Waals surface area contributed by atoms with Gasteiger partial charge in [-0.15, -0.1) is 0 Å². The number of ether oxygens (including phenoxy) is 2. The molecule has 24 heavy (non-hydrogen) atoms. The second kappa shape index (κ2) is 7.34. The molecule has 126 valence electrons. The lowest BCUT2D eigenvalue weighted by molar-refractivity contribution is -0.129. The van der Waals surface area contributed by atoms with Crippen molar-refractivity contribution >= 4 is 5.91 Å². The molecular weight excluding hydrogens is 304 g/mol. The quantitative estimate of drug-likeness (QED) is 0.847. The van der Waals surface area contributed by atoms with Crippen molar-refractivity contribution in [3.8, 4) is 11.6 Å². The molecule has 1 aliphatic heterocycles. The molecule has 0 bridgehead atoms. The van der Waals surface area contributed by atoms with Gasteiger partial charge in [-0.25, -0.2) is 4.98 Å². The zero-order chi connectivity index (χ0) is 16.9. The number of amides is 1. The Morgan fingerprint density at radius 2 is 2.21 bits per heavy atom. The number of carbonyl (C=O) groups is 1. The number of benzene rings is 1. The normalized spacial score (nSPS) is 12.9. The van der Waals surface area contributed by atoms with Crippen LogP contribution in [0, 0.1) is 0 Å². The molecule has 0 atom stereocenters. The Morgan fingerprint density at radius 1 is 1.33 bits per heavy atom.